The topological polar surface area (TPSA) is 117 Å². The molecule has 0 fully saturated rings. The van der Waals surface area contributed by atoms with Crippen molar-refractivity contribution in [2.75, 3.05) is 6.54 Å². The highest BCUT2D eigenvalue weighted by atomic mass is 16.5. The molecule has 0 saturated carbocycles. The fraction of sp³-hybridized carbons (Fsp3) is 0.368. The van der Waals surface area contributed by atoms with Crippen LogP contribution in [0.1, 0.15) is 32.3 Å². The molecule has 1 unspecified atom stereocenters. The number of rotatable bonds is 8. The number of carbonyl (C=O) groups excluding carboxylic acids is 3. The third-order valence-corrected chi connectivity index (χ3v) is 3.84. The van der Waals surface area contributed by atoms with E-state index < -0.39 is 18.0 Å². The van der Waals surface area contributed by atoms with E-state index in [2.05, 4.69) is 4.98 Å². The van der Waals surface area contributed by atoms with Crippen molar-refractivity contribution in [3.63, 3.8) is 0 Å². The number of ether oxygens (including phenoxy) is 1. The number of esters is 1. The molecule has 1 heterocycles. The molecule has 27 heavy (non-hydrogen) atoms. The third-order valence-electron chi connectivity index (χ3n) is 3.84. The number of aromatic amines is 1. The number of carboxylic acid groups (broad SMARTS) is 1. The van der Waals surface area contributed by atoms with Crippen LogP contribution in [0.25, 0.3) is 10.9 Å². The van der Waals surface area contributed by atoms with Gasteiger partial charge < -0.3 is 14.8 Å². The molecular weight excluding hydrogens is 352 g/mol. The van der Waals surface area contributed by atoms with Gasteiger partial charge in [0.15, 0.2) is 6.10 Å². The van der Waals surface area contributed by atoms with Crippen LogP contribution in [0.2, 0.25) is 0 Å². The number of carbonyl (C=O) groups is 4. The van der Waals surface area contributed by atoms with E-state index in [1.165, 1.54) is 6.92 Å². The lowest BCUT2D eigenvalue weighted by Gasteiger charge is -2.22. The Balaban J connectivity index is 0.00000114. The Labute approximate surface area is 157 Å². The molecule has 0 radical (unpaired) electrons. The quantitative estimate of drug-likeness (QED) is 0.538. The standard InChI is InChI=1S/C18H22N2O4.CH2O2/c1-3-6-17(24-13(2)22)18(23)20(12-21)10-9-14-11-19-16-8-5-4-7-15(14)16;2-1-3/h4-5,7-8,11-12,17,19H,3,6,9-10H2,1-2H3;1H,(H,2,3). The van der Waals surface area contributed by atoms with Gasteiger partial charge in [0.1, 0.15) is 0 Å². The minimum absolute atomic E-state index is 0.242. The van der Waals surface area contributed by atoms with E-state index in [-0.39, 0.29) is 13.0 Å². The fourth-order valence-corrected chi connectivity index (χ4v) is 2.67. The highest BCUT2D eigenvalue weighted by molar-refractivity contribution is 5.91. The minimum atomic E-state index is -0.902. The average molecular weight is 376 g/mol. The second-order valence-corrected chi connectivity index (χ2v) is 5.74. The number of nitrogens with one attached hydrogen (secondary N) is 1. The lowest BCUT2D eigenvalue weighted by molar-refractivity contribution is -0.160. The van der Waals surface area contributed by atoms with Gasteiger partial charge in [-0.1, -0.05) is 31.5 Å². The smallest absolute Gasteiger partial charge is 0.303 e. The van der Waals surface area contributed by atoms with Crippen LogP contribution in [0.5, 0.6) is 0 Å². The first-order chi connectivity index (χ1) is 13.0. The fourth-order valence-electron chi connectivity index (χ4n) is 2.67. The van der Waals surface area contributed by atoms with Gasteiger partial charge in [0, 0.05) is 30.6 Å². The van der Waals surface area contributed by atoms with Gasteiger partial charge in [-0.3, -0.25) is 24.1 Å². The Bertz CT molecular complexity index is 770. The molecule has 0 aliphatic carbocycles. The maximum absolute atomic E-state index is 12.4. The van der Waals surface area contributed by atoms with Crippen molar-refractivity contribution < 1.29 is 29.0 Å². The Morgan fingerprint density at radius 2 is 1.96 bits per heavy atom. The molecule has 2 N–H and O–H groups in total. The average Bonchev–Trinajstić information content (AvgIpc) is 3.05. The number of H-pyrrole nitrogens is 1. The molecule has 8 heteroatoms. The Kier molecular flexibility index (Phi) is 9.28. The summed E-state index contributed by atoms with van der Waals surface area (Å²) in [6.45, 7) is 3.14. The number of para-hydroxylation sites is 1. The summed E-state index contributed by atoms with van der Waals surface area (Å²) in [5, 5.41) is 7.96. The number of aromatic nitrogens is 1. The van der Waals surface area contributed by atoms with Crippen LogP contribution < -0.4 is 0 Å². The summed E-state index contributed by atoms with van der Waals surface area (Å²) in [6.07, 6.45) is 3.10. The zero-order valence-electron chi connectivity index (χ0n) is 15.4. The van der Waals surface area contributed by atoms with Crippen molar-refractivity contribution in [3.8, 4) is 0 Å². The third kappa shape index (κ3) is 6.58. The van der Waals surface area contributed by atoms with Crippen LogP contribution in [-0.2, 0) is 30.3 Å². The zero-order chi connectivity index (χ0) is 20.2. The van der Waals surface area contributed by atoms with Crippen molar-refractivity contribution in [1.29, 1.82) is 0 Å². The first-order valence-electron chi connectivity index (χ1n) is 8.54. The van der Waals surface area contributed by atoms with Gasteiger partial charge in [-0.2, -0.15) is 0 Å². The zero-order valence-corrected chi connectivity index (χ0v) is 15.4. The van der Waals surface area contributed by atoms with Crippen molar-refractivity contribution in [3.05, 3.63) is 36.0 Å². The summed E-state index contributed by atoms with van der Waals surface area (Å²) in [5.41, 5.74) is 2.05. The van der Waals surface area contributed by atoms with Crippen LogP contribution >= 0.6 is 0 Å². The number of benzene rings is 1. The van der Waals surface area contributed by atoms with Crippen LogP contribution in [0.3, 0.4) is 0 Å². The molecule has 1 atom stereocenters. The maximum Gasteiger partial charge on any atom is 0.303 e. The highest BCUT2D eigenvalue weighted by Crippen LogP contribution is 2.18. The molecule has 2 rings (SSSR count). The highest BCUT2D eigenvalue weighted by Gasteiger charge is 2.26. The van der Waals surface area contributed by atoms with Crippen molar-refractivity contribution in [2.24, 2.45) is 0 Å². The summed E-state index contributed by atoms with van der Waals surface area (Å²) >= 11 is 0. The summed E-state index contributed by atoms with van der Waals surface area (Å²) in [5.74, 6) is -0.994. The van der Waals surface area contributed by atoms with Crippen LogP contribution in [0, 0.1) is 0 Å². The molecule has 1 aromatic carbocycles. The van der Waals surface area contributed by atoms with Gasteiger partial charge in [0.2, 0.25) is 6.41 Å². The Morgan fingerprint density at radius 1 is 1.30 bits per heavy atom. The summed E-state index contributed by atoms with van der Waals surface area (Å²) < 4.78 is 5.05. The molecule has 0 aliphatic rings. The second kappa shape index (κ2) is 11.5. The first kappa shape index (κ1) is 21.9. The van der Waals surface area contributed by atoms with E-state index in [1.807, 2.05) is 37.4 Å². The maximum atomic E-state index is 12.4. The van der Waals surface area contributed by atoms with E-state index >= 15 is 0 Å². The number of amides is 2. The minimum Gasteiger partial charge on any atom is -0.483 e. The monoisotopic (exact) mass is 376 g/mol. The van der Waals surface area contributed by atoms with Gasteiger partial charge in [-0.15, -0.1) is 0 Å². The molecule has 2 aromatic rings. The van der Waals surface area contributed by atoms with Gasteiger partial charge in [-0.05, 0) is 24.5 Å². The van der Waals surface area contributed by atoms with Crippen molar-refractivity contribution in [1.82, 2.24) is 9.88 Å². The Morgan fingerprint density at radius 3 is 2.56 bits per heavy atom. The molecule has 0 bridgehead atoms. The molecule has 146 valence electrons. The molecule has 8 nitrogen and oxygen atoms in total. The van der Waals surface area contributed by atoms with E-state index in [0.717, 1.165) is 21.4 Å². The molecule has 0 spiro atoms. The summed E-state index contributed by atoms with van der Waals surface area (Å²) in [6, 6.07) is 7.85. The van der Waals surface area contributed by atoms with Crippen LogP contribution in [0.15, 0.2) is 30.5 Å². The van der Waals surface area contributed by atoms with Gasteiger partial charge in [0.25, 0.3) is 12.4 Å². The summed E-state index contributed by atoms with van der Waals surface area (Å²) in [4.78, 5) is 47.5. The molecule has 2 amide bonds. The Hall–Kier alpha value is -3.16. The number of hydrogen-bond donors (Lipinski definition) is 2. The van der Waals surface area contributed by atoms with E-state index in [1.54, 1.807) is 0 Å². The number of fused-ring (bicyclic) bond motifs is 1. The molecular formula is C19H24N2O6. The SMILES string of the molecule is CCCC(OC(C)=O)C(=O)N(C=O)CCc1c[nH]c2ccccc12.O=CO. The normalized spacial score (nSPS) is 11.0. The van der Waals surface area contributed by atoms with Crippen LogP contribution in [-0.4, -0.2) is 52.4 Å². The molecule has 1 aromatic heterocycles. The first-order valence-corrected chi connectivity index (χ1v) is 8.54. The summed E-state index contributed by atoms with van der Waals surface area (Å²) in [7, 11) is 0. The number of imide groups is 1. The van der Waals surface area contributed by atoms with Gasteiger partial charge in [0.05, 0.1) is 0 Å². The largest absolute Gasteiger partial charge is 0.483 e. The van der Waals surface area contributed by atoms with Crippen molar-refractivity contribution in [2.45, 2.75) is 39.2 Å². The predicted molar refractivity (Wildman–Crippen MR) is 98.9 cm³/mol. The lowest BCUT2D eigenvalue weighted by Crippen LogP contribution is -2.41. The molecule has 0 aliphatic heterocycles. The number of hydrogen-bond acceptors (Lipinski definition) is 5. The lowest BCUT2D eigenvalue weighted by atomic mass is 10.1. The van der Waals surface area contributed by atoms with E-state index in [9.17, 15) is 14.4 Å². The van der Waals surface area contributed by atoms with Crippen molar-refractivity contribution >= 4 is 35.7 Å². The van der Waals surface area contributed by atoms with Crippen LogP contribution in [0.4, 0.5) is 0 Å². The van der Waals surface area contributed by atoms with E-state index in [0.29, 0.717) is 25.7 Å². The molecule has 0 saturated heterocycles. The van der Waals surface area contributed by atoms with Gasteiger partial charge in [-0.25, -0.2) is 0 Å². The second-order valence-electron chi connectivity index (χ2n) is 5.74. The predicted octanol–water partition coefficient (Wildman–Crippen LogP) is 2.13. The van der Waals surface area contributed by atoms with E-state index in [4.69, 9.17) is 14.6 Å². The number of nitrogens with zero attached hydrogens (tertiary/aromatic N) is 1. The van der Waals surface area contributed by atoms with Gasteiger partial charge >= 0.3 is 5.97 Å².